The molecule has 16 heavy (non-hydrogen) atoms. The van der Waals surface area contributed by atoms with Crippen LogP contribution in [-0.4, -0.2) is 12.4 Å². The number of hydrogen-bond donors (Lipinski definition) is 0. The molecule has 0 heterocycles. The second kappa shape index (κ2) is 3.49. The molecule has 0 N–H and O–H groups in total. The maximum atomic E-state index is 6.05. The van der Waals surface area contributed by atoms with Gasteiger partial charge in [0.05, 0.1) is 11.9 Å². The molecule has 2 atom stereocenters. The molecule has 4 bridgehead atoms. The lowest BCUT2D eigenvalue weighted by Crippen LogP contribution is -2.56. The first-order chi connectivity index (χ1) is 7.63. The molecule has 0 spiro atoms. The summed E-state index contributed by atoms with van der Waals surface area (Å²) in [7, 11) is 0. The summed E-state index contributed by atoms with van der Waals surface area (Å²) in [4.78, 5) is 0. The average Bonchev–Trinajstić information content (AvgIpc) is 2.13. The molecule has 2 unspecified atom stereocenters. The Morgan fingerprint density at radius 2 is 1.94 bits per heavy atom. The lowest BCUT2D eigenvalue weighted by Gasteiger charge is -2.60. The van der Waals surface area contributed by atoms with Crippen molar-refractivity contribution >= 4 is 0 Å². The maximum Gasteiger partial charge on any atom is 0.188 e. The third kappa shape index (κ3) is 1.67. The van der Waals surface area contributed by atoms with E-state index in [-0.39, 0.29) is 5.60 Å². The fourth-order valence-electron chi connectivity index (χ4n) is 5.00. The Morgan fingerprint density at radius 3 is 2.50 bits per heavy atom. The summed E-state index contributed by atoms with van der Waals surface area (Å²) in [5.41, 5.74) is 0.695. The minimum Gasteiger partial charge on any atom is -0.476 e. The second-order valence-corrected chi connectivity index (χ2v) is 6.55. The summed E-state index contributed by atoms with van der Waals surface area (Å²) in [6, 6.07) is 0. The summed E-state index contributed by atoms with van der Waals surface area (Å²) < 4.78 is 11.2. The molecule has 0 aromatic rings. The predicted octanol–water partition coefficient (Wildman–Crippen LogP) is 3.48. The van der Waals surface area contributed by atoms with Crippen LogP contribution in [0, 0.1) is 17.3 Å². The van der Waals surface area contributed by atoms with E-state index in [0.29, 0.717) is 12.2 Å². The van der Waals surface area contributed by atoms with Crippen molar-refractivity contribution in [1.29, 1.82) is 0 Å². The highest BCUT2D eigenvalue weighted by atomic mass is 16.7. The summed E-state index contributed by atoms with van der Waals surface area (Å²) in [5.74, 6) is 1.82. The predicted molar refractivity (Wildman–Crippen MR) is 62.8 cm³/mol. The monoisotopic (exact) mass is 222 g/mol. The molecule has 4 aliphatic rings. The largest absolute Gasteiger partial charge is 0.476 e. The fraction of sp³-hybridized carbons (Fsp3) is 0.857. The van der Waals surface area contributed by atoms with Crippen LogP contribution >= 0.6 is 0 Å². The average molecular weight is 222 g/mol. The van der Waals surface area contributed by atoms with Crippen molar-refractivity contribution in [2.75, 3.05) is 6.79 Å². The molecule has 0 amide bonds. The van der Waals surface area contributed by atoms with Gasteiger partial charge < -0.3 is 9.47 Å². The summed E-state index contributed by atoms with van der Waals surface area (Å²) >= 11 is 0. The highest BCUT2D eigenvalue weighted by Crippen LogP contribution is 2.62. The first kappa shape index (κ1) is 10.6. The van der Waals surface area contributed by atoms with Crippen LogP contribution in [0.5, 0.6) is 0 Å². The molecular weight excluding hydrogens is 200 g/mol. The molecule has 4 rings (SSSR count). The Labute approximate surface area is 98.0 Å². The molecule has 0 aromatic carbocycles. The Bertz CT molecular complexity index is 283. The quantitative estimate of drug-likeness (QED) is 0.412. The van der Waals surface area contributed by atoms with Crippen LogP contribution in [0.1, 0.15) is 45.4 Å². The zero-order valence-electron chi connectivity index (χ0n) is 10.2. The Balaban J connectivity index is 1.73. The van der Waals surface area contributed by atoms with Crippen LogP contribution in [0.2, 0.25) is 0 Å². The zero-order valence-corrected chi connectivity index (χ0v) is 10.2. The van der Waals surface area contributed by atoms with Crippen LogP contribution in [0.25, 0.3) is 0 Å². The molecule has 90 valence electrons. The van der Waals surface area contributed by atoms with Crippen molar-refractivity contribution in [3.63, 3.8) is 0 Å². The first-order valence-corrected chi connectivity index (χ1v) is 6.50. The van der Waals surface area contributed by atoms with Crippen LogP contribution in [0.15, 0.2) is 12.8 Å². The first-order valence-electron chi connectivity index (χ1n) is 6.50. The van der Waals surface area contributed by atoms with Crippen molar-refractivity contribution in [3.05, 3.63) is 12.8 Å². The Hall–Kier alpha value is -0.500. The second-order valence-electron chi connectivity index (χ2n) is 6.55. The zero-order chi connectivity index (χ0) is 11.2. The Kier molecular flexibility index (Phi) is 2.32. The fourth-order valence-corrected chi connectivity index (χ4v) is 5.00. The third-order valence-corrected chi connectivity index (χ3v) is 4.85. The molecule has 0 saturated heterocycles. The Morgan fingerprint density at radius 1 is 1.25 bits per heavy atom. The van der Waals surface area contributed by atoms with Crippen molar-refractivity contribution < 1.29 is 9.47 Å². The van der Waals surface area contributed by atoms with Crippen LogP contribution in [-0.2, 0) is 9.47 Å². The van der Waals surface area contributed by atoms with Crippen molar-refractivity contribution in [2.24, 2.45) is 17.3 Å². The maximum absolute atomic E-state index is 6.05. The van der Waals surface area contributed by atoms with Gasteiger partial charge in [-0.3, -0.25) is 0 Å². The van der Waals surface area contributed by atoms with E-state index in [4.69, 9.17) is 9.47 Å². The number of rotatable bonds is 4. The summed E-state index contributed by atoms with van der Waals surface area (Å²) in [5, 5.41) is 0. The van der Waals surface area contributed by atoms with E-state index in [2.05, 4.69) is 13.5 Å². The van der Waals surface area contributed by atoms with E-state index >= 15 is 0 Å². The normalized spacial score (nSPS) is 49.3. The molecule has 4 aliphatic carbocycles. The molecular formula is C14H22O2. The van der Waals surface area contributed by atoms with Gasteiger partial charge in [0.1, 0.15) is 0 Å². The van der Waals surface area contributed by atoms with Gasteiger partial charge >= 0.3 is 0 Å². The minimum atomic E-state index is 0.141. The van der Waals surface area contributed by atoms with Crippen molar-refractivity contribution in [1.82, 2.24) is 0 Å². The van der Waals surface area contributed by atoms with Gasteiger partial charge in [-0.2, -0.15) is 0 Å². The topological polar surface area (TPSA) is 18.5 Å². The van der Waals surface area contributed by atoms with Gasteiger partial charge in [-0.05, 0) is 55.8 Å². The van der Waals surface area contributed by atoms with E-state index in [1.54, 1.807) is 0 Å². The third-order valence-electron chi connectivity index (χ3n) is 4.85. The van der Waals surface area contributed by atoms with Crippen LogP contribution < -0.4 is 0 Å². The van der Waals surface area contributed by atoms with E-state index in [1.807, 2.05) is 0 Å². The number of hydrogen-bond acceptors (Lipinski definition) is 2. The van der Waals surface area contributed by atoms with E-state index in [9.17, 15) is 0 Å². The number of ether oxygens (including phenoxy) is 2. The van der Waals surface area contributed by atoms with Gasteiger partial charge in [0.25, 0.3) is 0 Å². The SMILES string of the molecule is C=COCOC12CC3CC(CC(C)(C3)C1)C2. The highest BCUT2D eigenvalue weighted by molar-refractivity contribution is 5.07. The summed E-state index contributed by atoms with van der Waals surface area (Å²) in [6.07, 6.45) is 9.55. The van der Waals surface area contributed by atoms with Gasteiger partial charge in [0.2, 0.25) is 0 Å². The van der Waals surface area contributed by atoms with Crippen LogP contribution in [0.4, 0.5) is 0 Å². The van der Waals surface area contributed by atoms with E-state index in [0.717, 1.165) is 11.8 Å². The van der Waals surface area contributed by atoms with Crippen molar-refractivity contribution in [2.45, 2.75) is 51.0 Å². The molecule has 4 fully saturated rings. The van der Waals surface area contributed by atoms with Gasteiger partial charge in [-0.15, -0.1) is 0 Å². The van der Waals surface area contributed by atoms with Gasteiger partial charge in [0, 0.05) is 0 Å². The molecule has 4 saturated carbocycles. The van der Waals surface area contributed by atoms with Crippen molar-refractivity contribution in [3.8, 4) is 0 Å². The molecule has 2 heteroatoms. The summed E-state index contributed by atoms with van der Waals surface area (Å²) in [6.45, 7) is 6.40. The lowest BCUT2D eigenvalue weighted by atomic mass is 9.48. The molecule has 0 radical (unpaired) electrons. The minimum absolute atomic E-state index is 0.141. The van der Waals surface area contributed by atoms with E-state index < -0.39 is 0 Å². The van der Waals surface area contributed by atoms with Crippen LogP contribution in [0.3, 0.4) is 0 Å². The van der Waals surface area contributed by atoms with Gasteiger partial charge in [-0.1, -0.05) is 13.5 Å². The lowest BCUT2D eigenvalue weighted by molar-refractivity contribution is -0.217. The van der Waals surface area contributed by atoms with Gasteiger partial charge in [-0.25, -0.2) is 0 Å². The molecule has 0 aliphatic heterocycles. The highest BCUT2D eigenvalue weighted by Gasteiger charge is 2.56. The smallest absolute Gasteiger partial charge is 0.188 e. The standard InChI is InChI=1S/C14H22O2/c1-3-15-10-16-14-7-11-4-12(8-14)6-13(2,5-11)9-14/h3,11-12H,1,4-10H2,2H3. The van der Waals surface area contributed by atoms with E-state index in [1.165, 1.54) is 44.8 Å². The molecule has 0 aromatic heterocycles. The van der Waals surface area contributed by atoms with Gasteiger partial charge in [0.15, 0.2) is 6.79 Å². The molecule has 2 nitrogen and oxygen atoms in total.